The van der Waals surface area contributed by atoms with Gasteiger partial charge in [-0.05, 0) is 111 Å². The summed E-state index contributed by atoms with van der Waals surface area (Å²) in [6.45, 7) is 12.6. The molecule has 2 aromatic carbocycles. The predicted molar refractivity (Wildman–Crippen MR) is 164 cm³/mol. The molecule has 8 heteroatoms. The molecule has 3 rings (SSSR count). The molecule has 0 aliphatic heterocycles. The highest BCUT2D eigenvalue weighted by Crippen LogP contribution is 2.35. The van der Waals surface area contributed by atoms with Crippen LogP contribution in [0.3, 0.4) is 0 Å². The van der Waals surface area contributed by atoms with Gasteiger partial charge in [-0.15, -0.1) is 0 Å². The summed E-state index contributed by atoms with van der Waals surface area (Å²) in [4.78, 5) is 22.7. The van der Waals surface area contributed by atoms with Crippen LogP contribution in [0, 0.1) is 39.5 Å². The standard InChI is InChI=1S/C24H34O4.C10H16O4/c1-7-21(25)13-27-23-15(3)9-19(10-16(23)4)20-11-17(5)24(18(6)12-20)28-14-22(26)8-2;1-13-9(11)7-5-3-4-6-8(7)10(12)14-2/h9-12,21-22,25-26H,7-8,13-14H2,1-6H3;7-8H,3-6H2,1-2H3. The van der Waals surface area contributed by atoms with Crippen LogP contribution in [0.5, 0.6) is 11.5 Å². The molecule has 0 aromatic heterocycles. The molecule has 4 atom stereocenters. The number of carbonyl (C=O) groups is 2. The van der Waals surface area contributed by atoms with Crippen LogP contribution in [0.1, 0.15) is 74.6 Å². The van der Waals surface area contributed by atoms with Gasteiger partial charge in [0.25, 0.3) is 0 Å². The van der Waals surface area contributed by atoms with Crippen LogP contribution in [0.25, 0.3) is 11.1 Å². The number of benzene rings is 2. The summed E-state index contributed by atoms with van der Waals surface area (Å²) in [5.41, 5.74) is 6.48. The van der Waals surface area contributed by atoms with Gasteiger partial charge in [-0.3, -0.25) is 9.59 Å². The maximum Gasteiger partial charge on any atom is 0.309 e. The Morgan fingerprint density at radius 1 is 0.690 bits per heavy atom. The average molecular weight is 587 g/mol. The van der Waals surface area contributed by atoms with E-state index in [2.05, 4.69) is 33.7 Å². The Hall–Kier alpha value is -3.10. The molecule has 0 spiro atoms. The molecule has 0 amide bonds. The van der Waals surface area contributed by atoms with E-state index in [-0.39, 0.29) is 23.8 Å². The van der Waals surface area contributed by atoms with Crippen LogP contribution in [0.2, 0.25) is 0 Å². The Kier molecular flexibility index (Phi) is 14.3. The fourth-order valence-corrected chi connectivity index (χ4v) is 5.28. The van der Waals surface area contributed by atoms with Crippen LogP contribution in [-0.2, 0) is 19.1 Å². The Bertz CT molecular complexity index is 1040. The third kappa shape index (κ3) is 9.73. The minimum Gasteiger partial charge on any atom is -0.490 e. The highest BCUT2D eigenvalue weighted by atomic mass is 16.5. The minimum absolute atomic E-state index is 0.292. The SMILES string of the molecule is CCC(O)COc1c(C)cc(-c2cc(C)c(OCC(O)CC)c(C)c2)cc1C.COC(=O)C1CCCCC1C(=O)OC. The van der Waals surface area contributed by atoms with Crippen molar-refractivity contribution in [3.8, 4) is 22.6 Å². The molecule has 234 valence electrons. The zero-order chi connectivity index (χ0) is 31.4. The topological polar surface area (TPSA) is 112 Å². The number of carbonyl (C=O) groups excluding carboxylic acids is 2. The second-order valence-electron chi connectivity index (χ2n) is 11.2. The Labute approximate surface area is 251 Å². The zero-order valence-corrected chi connectivity index (χ0v) is 26.6. The van der Waals surface area contributed by atoms with Gasteiger partial charge < -0.3 is 29.2 Å². The Balaban J connectivity index is 0.000000369. The lowest BCUT2D eigenvalue weighted by atomic mass is 9.79. The monoisotopic (exact) mass is 586 g/mol. The number of esters is 2. The van der Waals surface area contributed by atoms with Crippen molar-refractivity contribution in [2.45, 2.75) is 92.3 Å². The number of aliphatic hydroxyl groups is 2. The van der Waals surface area contributed by atoms with E-state index in [9.17, 15) is 19.8 Å². The van der Waals surface area contributed by atoms with Gasteiger partial charge in [-0.2, -0.15) is 0 Å². The fraction of sp³-hybridized carbons (Fsp3) is 0.588. The van der Waals surface area contributed by atoms with Gasteiger partial charge in [-0.25, -0.2) is 0 Å². The van der Waals surface area contributed by atoms with Crippen molar-refractivity contribution < 1.29 is 38.7 Å². The molecule has 4 unspecified atom stereocenters. The third-order valence-electron chi connectivity index (χ3n) is 7.81. The molecule has 1 saturated carbocycles. The molecule has 0 saturated heterocycles. The zero-order valence-electron chi connectivity index (χ0n) is 26.6. The first-order valence-corrected chi connectivity index (χ1v) is 15.0. The number of methoxy groups -OCH3 is 2. The Morgan fingerprint density at radius 3 is 1.26 bits per heavy atom. The largest absolute Gasteiger partial charge is 0.490 e. The molecule has 2 N–H and O–H groups in total. The van der Waals surface area contributed by atoms with Crippen molar-refractivity contribution in [2.75, 3.05) is 27.4 Å². The van der Waals surface area contributed by atoms with Crippen molar-refractivity contribution in [1.82, 2.24) is 0 Å². The molecule has 0 bridgehead atoms. The molecule has 2 aromatic rings. The molecule has 1 aliphatic carbocycles. The van der Waals surface area contributed by atoms with Crippen LogP contribution in [0.4, 0.5) is 0 Å². The summed E-state index contributed by atoms with van der Waals surface area (Å²) in [6.07, 6.45) is 3.89. The molecule has 0 heterocycles. The molecular formula is C34H50O8. The number of rotatable bonds is 11. The summed E-state index contributed by atoms with van der Waals surface area (Å²) in [6, 6.07) is 8.49. The van der Waals surface area contributed by atoms with Gasteiger partial charge in [-0.1, -0.05) is 26.7 Å². The first-order chi connectivity index (χ1) is 20.0. The van der Waals surface area contributed by atoms with E-state index in [1.54, 1.807) is 0 Å². The first-order valence-electron chi connectivity index (χ1n) is 15.0. The molecular weight excluding hydrogens is 536 g/mol. The van der Waals surface area contributed by atoms with Crippen molar-refractivity contribution in [3.63, 3.8) is 0 Å². The minimum atomic E-state index is -0.442. The molecule has 1 fully saturated rings. The second kappa shape index (κ2) is 17.1. The van der Waals surface area contributed by atoms with Gasteiger partial charge in [0.15, 0.2) is 0 Å². The van der Waals surface area contributed by atoms with Gasteiger partial charge in [0.05, 0.1) is 38.3 Å². The number of hydrogen-bond acceptors (Lipinski definition) is 8. The van der Waals surface area contributed by atoms with Crippen LogP contribution >= 0.6 is 0 Å². The lowest BCUT2D eigenvalue weighted by Crippen LogP contribution is -2.34. The Morgan fingerprint density at radius 2 is 1.00 bits per heavy atom. The summed E-state index contributed by atoms with van der Waals surface area (Å²) in [5, 5.41) is 19.5. The van der Waals surface area contributed by atoms with E-state index in [1.165, 1.54) is 14.2 Å². The van der Waals surface area contributed by atoms with Gasteiger partial charge >= 0.3 is 11.9 Å². The van der Waals surface area contributed by atoms with Crippen molar-refractivity contribution in [3.05, 3.63) is 46.5 Å². The highest BCUT2D eigenvalue weighted by molar-refractivity contribution is 5.82. The molecule has 42 heavy (non-hydrogen) atoms. The summed E-state index contributed by atoms with van der Waals surface area (Å²) in [7, 11) is 2.70. The predicted octanol–water partition coefficient (Wildman–Crippen LogP) is 6.03. The lowest BCUT2D eigenvalue weighted by molar-refractivity contribution is -0.159. The normalized spacial score (nSPS) is 17.8. The second-order valence-corrected chi connectivity index (χ2v) is 11.2. The van der Waals surface area contributed by atoms with E-state index >= 15 is 0 Å². The molecule has 1 aliphatic rings. The fourth-order valence-electron chi connectivity index (χ4n) is 5.28. The third-order valence-corrected chi connectivity index (χ3v) is 7.81. The maximum atomic E-state index is 11.4. The molecule has 8 nitrogen and oxygen atoms in total. The van der Waals surface area contributed by atoms with Crippen molar-refractivity contribution >= 4 is 11.9 Å². The van der Waals surface area contributed by atoms with E-state index < -0.39 is 12.2 Å². The van der Waals surface area contributed by atoms with E-state index in [0.29, 0.717) is 26.1 Å². The lowest BCUT2D eigenvalue weighted by Gasteiger charge is -2.27. The van der Waals surface area contributed by atoms with E-state index in [4.69, 9.17) is 9.47 Å². The van der Waals surface area contributed by atoms with Crippen LogP contribution in [-0.4, -0.2) is 61.8 Å². The number of hydrogen-bond donors (Lipinski definition) is 2. The maximum absolute atomic E-state index is 11.4. The summed E-state index contributed by atoms with van der Waals surface area (Å²) in [5.74, 6) is 0.499. The van der Waals surface area contributed by atoms with E-state index in [0.717, 1.165) is 70.6 Å². The molecule has 0 radical (unpaired) electrons. The summed E-state index contributed by atoms with van der Waals surface area (Å²) >= 11 is 0. The average Bonchev–Trinajstić information content (AvgIpc) is 2.99. The summed E-state index contributed by atoms with van der Waals surface area (Å²) < 4.78 is 21.0. The van der Waals surface area contributed by atoms with Crippen LogP contribution < -0.4 is 9.47 Å². The van der Waals surface area contributed by atoms with E-state index in [1.807, 2.05) is 41.5 Å². The highest BCUT2D eigenvalue weighted by Gasteiger charge is 2.37. The van der Waals surface area contributed by atoms with Gasteiger partial charge in [0.1, 0.15) is 24.7 Å². The number of aliphatic hydroxyl groups excluding tert-OH is 2. The van der Waals surface area contributed by atoms with Crippen molar-refractivity contribution in [1.29, 1.82) is 0 Å². The van der Waals surface area contributed by atoms with Gasteiger partial charge in [0, 0.05) is 0 Å². The first kappa shape index (κ1) is 35.1. The number of aryl methyl sites for hydroxylation is 4. The quantitative estimate of drug-likeness (QED) is 0.307. The number of ether oxygens (including phenoxy) is 4. The van der Waals surface area contributed by atoms with Crippen LogP contribution in [0.15, 0.2) is 24.3 Å². The van der Waals surface area contributed by atoms with Crippen molar-refractivity contribution in [2.24, 2.45) is 11.8 Å². The van der Waals surface area contributed by atoms with Gasteiger partial charge in [0.2, 0.25) is 0 Å². The smallest absolute Gasteiger partial charge is 0.309 e.